The molecule has 1 N–H and O–H groups in total. The highest BCUT2D eigenvalue weighted by atomic mass is 16.5. The number of para-hydroxylation sites is 1. The van der Waals surface area contributed by atoms with Gasteiger partial charge in [-0.05, 0) is 35.9 Å². The minimum Gasteiger partial charge on any atom is -0.493 e. The second-order valence-electron chi connectivity index (χ2n) is 5.30. The third kappa shape index (κ3) is 3.56. The van der Waals surface area contributed by atoms with Crippen molar-refractivity contribution in [3.8, 4) is 11.5 Å². The molecule has 0 spiro atoms. The third-order valence-corrected chi connectivity index (χ3v) is 3.67. The van der Waals surface area contributed by atoms with E-state index in [9.17, 15) is 9.59 Å². The van der Waals surface area contributed by atoms with Crippen molar-refractivity contribution in [1.82, 2.24) is 5.43 Å². The van der Waals surface area contributed by atoms with Crippen molar-refractivity contribution in [3.63, 3.8) is 0 Å². The number of hydrogen-bond donors (Lipinski definition) is 1. The van der Waals surface area contributed by atoms with Crippen LogP contribution in [-0.2, 0) is 0 Å². The SMILES string of the molecule is COc1ccc(/C=N\NC(=O)c2cc3ccccc3oc2=O)cc1OC. The normalized spacial score (nSPS) is 10.8. The van der Waals surface area contributed by atoms with Crippen LogP contribution in [0.15, 0.2) is 62.8 Å². The molecular weight excluding hydrogens is 336 g/mol. The van der Waals surface area contributed by atoms with Gasteiger partial charge in [-0.1, -0.05) is 18.2 Å². The number of rotatable bonds is 5. The van der Waals surface area contributed by atoms with Crippen molar-refractivity contribution in [2.45, 2.75) is 0 Å². The Labute approximate surface area is 148 Å². The van der Waals surface area contributed by atoms with E-state index in [0.717, 1.165) is 0 Å². The third-order valence-electron chi connectivity index (χ3n) is 3.67. The van der Waals surface area contributed by atoms with Gasteiger partial charge in [-0.2, -0.15) is 5.10 Å². The molecule has 26 heavy (non-hydrogen) atoms. The Hall–Kier alpha value is -3.61. The Balaban J connectivity index is 1.77. The minimum atomic E-state index is -0.720. The lowest BCUT2D eigenvalue weighted by Gasteiger charge is -2.07. The van der Waals surface area contributed by atoms with E-state index in [4.69, 9.17) is 13.9 Å². The van der Waals surface area contributed by atoms with Crippen LogP contribution in [0.4, 0.5) is 0 Å². The maximum Gasteiger partial charge on any atom is 0.349 e. The van der Waals surface area contributed by atoms with Gasteiger partial charge < -0.3 is 13.9 Å². The number of nitrogens with zero attached hydrogens (tertiary/aromatic N) is 1. The summed E-state index contributed by atoms with van der Waals surface area (Å²) in [5.74, 6) is 0.474. The number of nitrogens with one attached hydrogen (secondary N) is 1. The van der Waals surface area contributed by atoms with Crippen molar-refractivity contribution in [1.29, 1.82) is 0 Å². The summed E-state index contributed by atoms with van der Waals surface area (Å²) in [4.78, 5) is 24.1. The van der Waals surface area contributed by atoms with Gasteiger partial charge in [-0.25, -0.2) is 10.2 Å². The van der Waals surface area contributed by atoms with Crippen molar-refractivity contribution in [2.24, 2.45) is 5.10 Å². The zero-order valence-electron chi connectivity index (χ0n) is 14.2. The average molecular weight is 352 g/mol. The highest BCUT2D eigenvalue weighted by molar-refractivity contribution is 5.97. The molecule has 1 amide bonds. The van der Waals surface area contributed by atoms with Gasteiger partial charge in [0.25, 0.3) is 5.91 Å². The van der Waals surface area contributed by atoms with Gasteiger partial charge in [0.2, 0.25) is 0 Å². The molecule has 1 heterocycles. The van der Waals surface area contributed by atoms with Gasteiger partial charge in [0.05, 0.1) is 20.4 Å². The monoisotopic (exact) mass is 352 g/mol. The largest absolute Gasteiger partial charge is 0.493 e. The molecule has 0 saturated heterocycles. The Morgan fingerprint density at radius 2 is 1.85 bits per heavy atom. The van der Waals surface area contributed by atoms with Crippen molar-refractivity contribution >= 4 is 23.1 Å². The molecule has 0 unspecified atom stereocenters. The molecule has 0 aliphatic rings. The molecule has 7 heteroatoms. The Morgan fingerprint density at radius 1 is 1.08 bits per heavy atom. The van der Waals surface area contributed by atoms with Crippen LogP contribution in [0.5, 0.6) is 11.5 Å². The number of methoxy groups -OCH3 is 2. The van der Waals surface area contributed by atoms with Crippen LogP contribution in [0, 0.1) is 0 Å². The zero-order chi connectivity index (χ0) is 18.5. The van der Waals surface area contributed by atoms with E-state index >= 15 is 0 Å². The molecule has 0 radical (unpaired) electrons. The highest BCUT2D eigenvalue weighted by Crippen LogP contribution is 2.26. The fourth-order valence-electron chi connectivity index (χ4n) is 2.38. The second-order valence-corrected chi connectivity index (χ2v) is 5.30. The first-order chi connectivity index (χ1) is 12.6. The average Bonchev–Trinajstić information content (AvgIpc) is 2.67. The standard InChI is InChI=1S/C19H16N2O5/c1-24-16-8-7-12(9-17(16)25-2)11-20-21-18(22)14-10-13-5-3-4-6-15(13)26-19(14)23/h3-11H,1-2H3,(H,21,22)/b20-11-. The van der Waals surface area contributed by atoms with Crippen LogP contribution in [0.3, 0.4) is 0 Å². The first-order valence-electron chi connectivity index (χ1n) is 7.70. The molecule has 0 aliphatic carbocycles. The van der Waals surface area contributed by atoms with E-state index in [1.165, 1.54) is 19.4 Å². The van der Waals surface area contributed by atoms with Crippen LogP contribution in [0.2, 0.25) is 0 Å². The molecule has 0 fully saturated rings. The summed E-state index contributed by atoms with van der Waals surface area (Å²) in [6.07, 6.45) is 1.43. The molecule has 0 bridgehead atoms. The molecule has 2 aromatic carbocycles. The fourth-order valence-corrected chi connectivity index (χ4v) is 2.38. The Bertz CT molecular complexity index is 1040. The molecule has 0 atom stereocenters. The molecule has 3 rings (SSSR count). The van der Waals surface area contributed by atoms with E-state index in [0.29, 0.717) is 28.0 Å². The molecule has 3 aromatic rings. The summed E-state index contributed by atoms with van der Waals surface area (Å²) in [5, 5.41) is 4.52. The van der Waals surface area contributed by atoms with Crippen molar-refractivity contribution < 1.29 is 18.7 Å². The van der Waals surface area contributed by atoms with Crippen LogP contribution in [0.1, 0.15) is 15.9 Å². The van der Waals surface area contributed by atoms with Gasteiger partial charge in [0.1, 0.15) is 11.1 Å². The first-order valence-corrected chi connectivity index (χ1v) is 7.70. The molecule has 132 valence electrons. The Kier molecular flexibility index (Phi) is 4.98. The van der Waals surface area contributed by atoms with Crippen LogP contribution in [0.25, 0.3) is 11.0 Å². The number of hydrogen-bond acceptors (Lipinski definition) is 6. The number of ether oxygens (including phenoxy) is 2. The van der Waals surface area contributed by atoms with Crippen LogP contribution >= 0.6 is 0 Å². The summed E-state index contributed by atoms with van der Waals surface area (Å²) in [7, 11) is 3.07. The van der Waals surface area contributed by atoms with E-state index < -0.39 is 11.5 Å². The quantitative estimate of drug-likeness (QED) is 0.433. The van der Waals surface area contributed by atoms with Gasteiger partial charge >= 0.3 is 5.63 Å². The van der Waals surface area contributed by atoms with E-state index in [2.05, 4.69) is 10.5 Å². The number of benzene rings is 2. The highest BCUT2D eigenvalue weighted by Gasteiger charge is 2.12. The van der Waals surface area contributed by atoms with Crippen LogP contribution < -0.4 is 20.5 Å². The Morgan fingerprint density at radius 3 is 2.62 bits per heavy atom. The van der Waals surface area contributed by atoms with Crippen molar-refractivity contribution in [2.75, 3.05) is 14.2 Å². The molecule has 0 aliphatic heterocycles. The number of fused-ring (bicyclic) bond motifs is 1. The maximum atomic E-state index is 12.2. The number of carbonyl (C=O) groups excluding carboxylic acids is 1. The first kappa shape index (κ1) is 17.2. The lowest BCUT2D eigenvalue weighted by Crippen LogP contribution is -2.24. The van der Waals surface area contributed by atoms with E-state index in [1.807, 2.05) is 0 Å². The van der Waals surface area contributed by atoms with Gasteiger partial charge in [0.15, 0.2) is 11.5 Å². The molecule has 7 nitrogen and oxygen atoms in total. The lowest BCUT2D eigenvalue weighted by molar-refractivity contribution is 0.0951. The summed E-state index contributed by atoms with van der Waals surface area (Å²) in [5.41, 5.74) is 2.59. The summed E-state index contributed by atoms with van der Waals surface area (Å²) in [6.45, 7) is 0. The maximum absolute atomic E-state index is 12.2. The summed E-state index contributed by atoms with van der Waals surface area (Å²) in [6, 6.07) is 13.6. The van der Waals surface area contributed by atoms with Gasteiger partial charge in [-0.15, -0.1) is 0 Å². The fraction of sp³-hybridized carbons (Fsp3) is 0.105. The predicted molar refractivity (Wildman–Crippen MR) is 97.1 cm³/mol. The van der Waals surface area contributed by atoms with Gasteiger partial charge in [-0.3, -0.25) is 4.79 Å². The number of amides is 1. The lowest BCUT2D eigenvalue weighted by atomic mass is 10.2. The van der Waals surface area contributed by atoms with E-state index in [1.54, 1.807) is 49.6 Å². The van der Waals surface area contributed by atoms with Crippen molar-refractivity contribution in [3.05, 3.63) is 70.1 Å². The van der Waals surface area contributed by atoms with Crippen LogP contribution in [-0.4, -0.2) is 26.3 Å². The summed E-state index contributed by atoms with van der Waals surface area (Å²) >= 11 is 0. The van der Waals surface area contributed by atoms with Gasteiger partial charge in [0, 0.05) is 5.39 Å². The number of hydrazone groups is 1. The smallest absolute Gasteiger partial charge is 0.349 e. The van der Waals surface area contributed by atoms with E-state index in [-0.39, 0.29) is 5.56 Å². The minimum absolute atomic E-state index is 0.117. The summed E-state index contributed by atoms with van der Waals surface area (Å²) < 4.78 is 15.5. The predicted octanol–water partition coefficient (Wildman–Crippen LogP) is 2.57. The zero-order valence-corrected chi connectivity index (χ0v) is 14.2. The number of carbonyl (C=O) groups is 1. The molecule has 0 saturated carbocycles. The second kappa shape index (κ2) is 7.52. The topological polar surface area (TPSA) is 90.1 Å². The molecule has 1 aromatic heterocycles. The molecular formula is C19H16N2O5.